The standard InChI is InChI=1S/C17H17BrN4O/c1-2-11-8-21(16(23)17(11,10-19)12-3-4-12)14-5-6-20-22-9-13(18)7-15(14)22/h5-7,9,11-12H,2-4,8H2,1H3/t11-,17+/m0/s1. The molecule has 118 valence electrons. The summed E-state index contributed by atoms with van der Waals surface area (Å²) in [6.45, 7) is 2.69. The topological polar surface area (TPSA) is 61.4 Å². The first-order valence-electron chi connectivity index (χ1n) is 7.98. The van der Waals surface area contributed by atoms with Crippen molar-refractivity contribution in [2.75, 3.05) is 11.4 Å². The van der Waals surface area contributed by atoms with Crippen molar-refractivity contribution in [3.63, 3.8) is 0 Å². The summed E-state index contributed by atoms with van der Waals surface area (Å²) in [5, 5.41) is 14.1. The summed E-state index contributed by atoms with van der Waals surface area (Å²) < 4.78 is 2.68. The Morgan fingerprint density at radius 2 is 2.30 bits per heavy atom. The molecule has 2 fully saturated rings. The van der Waals surface area contributed by atoms with E-state index in [-0.39, 0.29) is 17.7 Å². The smallest absolute Gasteiger partial charge is 0.248 e. The van der Waals surface area contributed by atoms with Crippen LogP contribution in [0.3, 0.4) is 0 Å². The molecule has 3 heterocycles. The fraction of sp³-hybridized carbons (Fsp3) is 0.471. The fourth-order valence-electron chi connectivity index (χ4n) is 3.98. The van der Waals surface area contributed by atoms with E-state index in [1.54, 1.807) is 15.6 Å². The maximum atomic E-state index is 13.2. The van der Waals surface area contributed by atoms with Gasteiger partial charge in [-0.05, 0) is 53.2 Å². The Hall–Kier alpha value is -1.87. The summed E-state index contributed by atoms with van der Waals surface area (Å²) in [5.74, 6) is 0.297. The molecule has 0 unspecified atom stereocenters. The SMILES string of the molecule is CC[C@H]1CN(c2ccnn3cc(Br)cc23)C(=O)[C@@]1(C#N)C1CC1. The average molecular weight is 373 g/mol. The van der Waals surface area contributed by atoms with Crippen LogP contribution in [0.1, 0.15) is 26.2 Å². The second-order valence-corrected chi connectivity index (χ2v) is 7.40. The molecule has 1 amide bonds. The van der Waals surface area contributed by atoms with Gasteiger partial charge in [0.1, 0.15) is 5.41 Å². The van der Waals surface area contributed by atoms with Crippen LogP contribution in [0.25, 0.3) is 5.52 Å². The van der Waals surface area contributed by atoms with Crippen molar-refractivity contribution in [2.45, 2.75) is 26.2 Å². The Morgan fingerprint density at radius 1 is 1.52 bits per heavy atom. The van der Waals surface area contributed by atoms with Gasteiger partial charge in [-0.25, -0.2) is 4.52 Å². The number of carbonyl (C=O) groups is 1. The Balaban J connectivity index is 1.83. The molecule has 5 nitrogen and oxygen atoms in total. The molecule has 23 heavy (non-hydrogen) atoms. The van der Waals surface area contributed by atoms with E-state index in [0.29, 0.717) is 6.54 Å². The van der Waals surface area contributed by atoms with Gasteiger partial charge in [-0.1, -0.05) is 6.92 Å². The van der Waals surface area contributed by atoms with Gasteiger partial charge in [0, 0.05) is 29.3 Å². The Bertz CT molecular complexity index is 835. The monoisotopic (exact) mass is 372 g/mol. The van der Waals surface area contributed by atoms with E-state index in [1.165, 1.54) is 0 Å². The van der Waals surface area contributed by atoms with Crippen molar-refractivity contribution in [2.24, 2.45) is 17.3 Å². The van der Waals surface area contributed by atoms with Crippen molar-refractivity contribution in [1.29, 1.82) is 5.26 Å². The van der Waals surface area contributed by atoms with Crippen LogP contribution in [0.2, 0.25) is 0 Å². The highest BCUT2D eigenvalue weighted by Gasteiger charge is 2.61. The summed E-state index contributed by atoms with van der Waals surface area (Å²) in [4.78, 5) is 15.0. The summed E-state index contributed by atoms with van der Waals surface area (Å²) in [5.41, 5.74) is 0.887. The van der Waals surface area contributed by atoms with Crippen LogP contribution in [0.4, 0.5) is 5.69 Å². The van der Waals surface area contributed by atoms with Crippen LogP contribution >= 0.6 is 15.9 Å². The maximum Gasteiger partial charge on any atom is 0.248 e. The lowest BCUT2D eigenvalue weighted by atomic mass is 9.73. The number of amides is 1. The van der Waals surface area contributed by atoms with Crippen LogP contribution in [-0.2, 0) is 4.79 Å². The zero-order valence-corrected chi connectivity index (χ0v) is 14.5. The van der Waals surface area contributed by atoms with Gasteiger partial charge >= 0.3 is 0 Å². The van der Waals surface area contributed by atoms with Crippen LogP contribution in [0, 0.1) is 28.6 Å². The molecule has 0 aromatic carbocycles. The number of aromatic nitrogens is 2. The number of nitrogens with zero attached hydrogens (tertiary/aromatic N) is 4. The van der Waals surface area contributed by atoms with Gasteiger partial charge in [0.15, 0.2) is 0 Å². The maximum absolute atomic E-state index is 13.2. The molecule has 1 aliphatic heterocycles. The van der Waals surface area contributed by atoms with E-state index in [9.17, 15) is 10.1 Å². The molecule has 0 bridgehead atoms. The molecule has 2 atom stereocenters. The van der Waals surface area contributed by atoms with E-state index in [0.717, 1.165) is 34.9 Å². The van der Waals surface area contributed by atoms with Gasteiger partial charge in [0.05, 0.1) is 17.3 Å². The third-order valence-electron chi connectivity index (χ3n) is 5.29. The molecular weight excluding hydrogens is 356 g/mol. The molecule has 2 aromatic rings. The third-order valence-corrected chi connectivity index (χ3v) is 5.72. The average Bonchev–Trinajstić information content (AvgIpc) is 3.26. The van der Waals surface area contributed by atoms with Gasteiger partial charge in [-0.15, -0.1) is 0 Å². The van der Waals surface area contributed by atoms with Gasteiger partial charge in [-0.2, -0.15) is 10.4 Å². The molecule has 1 saturated heterocycles. The van der Waals surface area contributed by atoms with Gasteiger partial charge in [-0.3, -0.25) is 4.79 Å². The van der Waals surface area contributed by atoms with Gasteiger partial charge in [0.25, 0.3) is 0 Å². The lowest BCUT2D eigenvalue weighted by Gasteiger charge is -2.24. The first kappa shape index (κ1) is 14.7. The number of rotatable bonds is 3. The van der Waals surface area contributed by atoms with Crippen LogP contribution in [0.15, 0.2) is 29.0 Å². The lowest BCUT2D eigenvalue weighted by molar-refractivity contribution is -0.125. The van der Waals surface area contributed by atoms with Crippen molar-refractivity contribution in [1.82, 2.24) is 9.61 Å². The Labute approximate surface area is 143 Å². The highest BCUT2D eigenvalue weighted by molar-refractivity contribution is 9.10. The van der Waals surface area contributed by atoms with Crippen molar-refractivity contribution >= 4 is 33.0 Å². The highest BCUT2D eigenvalue weighted by atomic mass is 79.9. The summed E-state index contributed by atoms with van der Waals surface area (Å²) in [6, 6.07) is 6.25. The number of fused-ring (bicyclic) bond motifs is 1. The zero-order valence-electron chi connectivity index (χ0n) is 12.9. The summed E-state index contributed by atoms with van der Waals surface area (Å²) in [6.07, 6.45) is 6.40. The third kappa shape index (κ3) is 1.96. The van der Waals surface area contributed by atoms with Gasteiger partial charge < -0.3 is 4.90 Å². The highest BCUT2D eigenvalue weighted by Crippen LogP contribution is 2.55. The molecule has 0 spiro atoms. The van der Waals surface area contributed by atoms with Crippen LogP contribution in [-0.4, -0.2) is 22.1 Å². The molecule has 2 aromatic heterocycles. The molecule has 0 radical (unpaired) electrons. The number of carbonyl (C=O) groups excluding carboxylic acids is 1. The number of nitriles is 1. The molecule has 4 rings (SSSR count). The predicted octanol–water partition coefficient (Wildman–Crippen LogP) is 3.39. The minimum absolute atomic E-state index is 0.0280. The van der Waals surface area contributed by atoms with E-state index in [2.05, 4.69) is 34.0 Å². The second kappa shape index (κ2) is 5.07. The van der Waals surface area contributed by atoms with Crippen LogP contribution in [0.5, 0.6) is 0 Å². The predicted molar refractivity (Wildman–Crippen MR) is 89.8 cm³/mol. The van der Waals surface area contributed by atoms with Crippen molar-refractivity contribution < 1.29 is 4.79 Å². The normalized spacial score (nSPS) is 27.6. The minimum Gasteiger partial charge on any atom is -0.309 e. The lowest BCUT2D eigenvalue weighted by Crippen LogP contribution is -2.37. The van der Waals surface area contributed by atoms with E-state index < -0.39 is 5.41 Å². The summed E-state index contributed by atoms with van der Waals surface area (Å²) in [7, 11) is 0. The molecule has 1 aliphatic carbocycles. The molecule has 0 N–H and O–H groups in total. The fourth-order valence-corrected chi connectivity index (χ4v) is 4.39. The molecule has 1 saturated carbocycles. The number of hydrogen-bond acceptors (Lipinski definition) is 3. The largest absolute Gasteiger partial charge is 0.309 e. The van der Waals surface area contributed by atoms with Crippen LogP contribution < -0.4 is 4.90 Å². The van der Waals surface area contributed by atoms with E-state index >= 15 is 0 Å². The number of halogens is 1. The number of hydrogen-bond donors (Lipinski definition) is 0. The molecule has 2 aliphatic rings. The zero-order chi connectivity index (χ0) is 16.2. The van der Waals surface area contributed by atoms with Crippen molar-refractivity contribution in [3.05, 3.63) is 29.0 Å². The molecule has 6 heteroatoms. The number of anilines is 1. The summed E-state index contributed by atoms with van der Waals surface area (Å²) >= 11 is 3.46. The quantitative estimate of drug-likeness (QED) is 0.829. The molecular formula is C17H17BrN4O. The van der Waals surface area contributed by atoms with E-state index in [1.807, 2.05) is 18.3 Å². The Morgan fingerprint density at radius 3 is 2.96 bits per heavy atom. The van der Waals surface area contributed by atoms with E-state index in [4.69, 9.17) is 0 Å². The van der Waals surface area contributed by atoms with Crippen molar-refractivity contribution in [3.8, 4) is 6.07 Å². The first-order chi connectivity index (χ1) is 11.1. The van der Waals surface area contributed by atoms with Gasteiger partial charge in [0.2, 0.25) is 5.91 Å². The first-order valence-corrected chi connectivity index (χ1v) is 8.77. The Kier molecular flexibility index (Phi) is 3.24. The minimum atomic E-state index is -0.834. The second-order valence-electron chi connectivity index (χ2n) is 6.48.